The number of carboxylic acids is 1. The monoisotopic (exact) mass is 175 g/mol. The Kier molecular flexibility index (Phi) is 4.28. The first-order valence-corrected chi connectivity index (χ1v) is 3.61. The van der Waals surface area contributed by atoms with Crippen molar-refractivity contribution in [1.82, 2.24) is 0 Å². The zero-order chi connectivity index (χ0) is 9.72. The van der Waals surface area contributed by atoms with Crippen LogP contribution in [0.3, 0.4) is 0 Å². The molecule has 0 aliphatic heterocycles. The molecule has 0 aliphatic rings. The number of carbonyl (C=O) groups excluding carboxylic acids is 1. The number of carboxylic acid groups (broad SMARTS) is 1. The molecule has 0 amide bonds. The van der Waals surface area contributed by atoms with Gasteiger partial charge in [0.25, 0.3) is 0 Å². The third-order valence-electron chi connectivity index (χ3n) is 1.07. The Morgan fingerprint density at radius 3 is 2.33 bits per heavy atom. The molecule has 70 valence electrons. The van der Waals surface area contributed by atoms with E-state index in [-0.39, 0.29) is 12.5 Å². The Bertz CT molecular complexity index is 178. The van der Waals surface area contributed by atoms with Gasteiger partial charge in [-0.3, -0.25) is 9.59 Å². The maximum atomic E-state index is 10.8. The molecule has 0 bridgehead atoms. The highest BCUT2D eigenvalue weighted by molar-refractivity contribution is 5.81. The molecule has 0 aromatic heterocycles. The Hall–Kier alpha value is -1.10. The van der Waals surface area contributed by atoms with E-state index in [1.54, 1.807) is 13.8 Å². The molecule has 0 spiro atoms. The average molecular weight is 175 g/mol. The van der Waals surface area contributed by atoms with E-state index >= 15 is 0 Å². The molecule has 5 heteroatoms. The smallest absolute Gasteiger partial charge is 0.321 e. The van der Waals surface area contributed by atoms with Gasteiger partial charge in [-0.15, -0.1) is 0 Å². The maximum absolute atomic E-state index is 10.8. The quantitative estimate of drug-likeness (QED) is 0.574. The van der Waals surface area contributed by atoms with Crippen molar-refractivity contribution < 1.29 is 19.4 Å². The third kappa shape index (κ3) is 4.68. The Morgan fingerprint density at radius 2 is 2.00 bits per heavy atom. The zero-order valence-electron chi connectivity index (χ0n) is 7.11. The molecule has 0 aromatic rings. The predicted octanol–water partition coefficient (Wildman–Crippen LogP) is -0.260. The van der Waals surface area contributed by atoms with Gasteiger partial charge in [-0.05, 0) is 13.8 Å². The van der Waals surface area contributed by atoms with E-state index in [9.17, 15) is 9.59 Å². The van der Waals surface area contributed by atoms with Gasteiger partial charge in [-0.25, -0.2) is 0 Å². The molecule has 0 radical (unpaired) electrons. The molecule has 1 unspecified atom stereocenters. The van der Waals surface area contributed by atoms with Gasteiger partial charge in [-0.1, -0.05) is 0 Å². The van der Waals surface area contributed by atoms with Crippen LogP contribution in [0.4, 0.5) is 0 Å². The second-order valence-corrected chi connectivity index (χ2v) is 2.69. The summed E-state index contributed by atoms with van der Waals surface area (Å²) < 4.78 is 4.69. The van der Waals surface area contributed by atoms with Crippen molar-refractivity contribution in [1.29, 1.82) is 0 Å². The van der Waals surface area contributed by atoms with Crippen LogP contribution in [-0.2, 0) is 14.3 Å². The summed E-state index contributed by atoms with van der Waals surface area (Å²) in [7, 11) is 0. The first-order valence-electron chi connectivity index (χ1n) is 3.61. The largest absolute Gasteiger partial charge is 0.480 e. The number of carbonyl (C=O) groups is 2. The van der Waals surface area contributed by atoms with Gasteiger partial charge in [0.15, 0.2) is 0 Å². The van der Waals surface area contributed by atoms with Gasteiger partial charge >= 0.3 is 11.9 Å². The van der Waals surface area contributed by atoms with Crippen LogP contribution in [0.5, 0.6) is 0 Å². The maximum Gasteiger partial charge on any atom is 0.321 e. The third-order valence-corrected chi connectivity index (χ3v) is 1.07. The van der Waals surface area contributed by atoms with Crippen LogP contribution in [0.15, 0.2) is 0 Å². The number of hydrogen-bond donors (Lipinski definition) is 2. The highest BCUT2D eigenvalue weighted by Gasteiger charge is 2.17. The first kappa shape index (κ1) is 10.9. The SMILES string of the molecule is CC(C)OC(=O)CC(N)C(=O)O. The average Bonchev–Trinajstić information content (AvgIpc) is 1.84. The summed E-state index contributed by atoms with van der Waals surface area (Å²) in [6.45, 7) is 3.37. The molecule has 0 aromatic carbocycles. The van der Waals surface area contributed by atoms with E-state index < -0.39 is 18.0 Å². The lowest BCUT2D eigenvalue weighted by atomic mass is 10.2. The molecule has 0 aliphatic carbocycles. The van der Waals surface area contributed by atoms with Crippen LogP contribution in [0.2, 0.25) is 0 Å². The van der Waals surface area contributed by atoms with E-state index in [1.165, 1.54) is 0 Å². The number of hydrogen-bond acceptors (Lipinski definition) is 4. The lowest BCUT2D eigenvalue weighted by molar-refractivity contribution is -0.151. The molecule has 0 saturated heterocycles. The lowest BCUT2D eigenvalue weighted by Gasteiger charge is -2.09. The minimum atomic E-state index is -1.20. The van der Waals surface area contributed by atoms with Gasteiger partial charge in [0.1, 0.15) is 6.04 Å². The van der Waals surface area contributed by atoms with Crippen LogP contribution in [-0.4, -0.2) is 29.2 Å². The second kappa shape index (κ2) is 4.71. The molecule has 0 rings (SSSR count). The number of ether oxygens (including phenoxy) is 1. The van der Waals surface area contributed by atoms with E-state index in [4.69, 9.17) is 10.8 Å². The fourth-order valence-electron chi connectivity index (χ4n) is 0.578. The number of nitrogens with two attached hydrogens (primary N) is 1. The molecule has 0 fully saturated rings. The van der Waals surface area contributed by atoms with Gasteiger partial charge in [-0.2, -0.15) is 0 Å². The molecule has 5 nitrogen and oxygen atoms in total. The van der Waals surface area contributed by atoms with Gasteiger partial charge in [0.2, 0.25) is 0 Å². The van der Waals surface area contributed by atoms with Crippen molar-refractivity contribution in [2.24, 2.45) is 5.73 Å². The van der Waals surface area contributed by atoms with Crippen LogP contribution in [0, 0.1) is 0 Å². The topological polar surface area (TPSA) is 89.6 Å². The highest BCUT2D eigenvalue weighted by Crippen LogP contribution is 1.96. The van der Waals surface area contributed by atoms with Crippen molar-refractivity contribution in [3.8, 4) is 0 Å². The summed E-state index contributed by atoms with van der Waals surface area (Å²) in [5, 5.41) is 8.33. The fourth-order valence-corrected chi connectivity index (χ4v) is 0.578. The molecular formula is C7H13NO4. The summed E-state index contributed by atoms with van der Waals surface area (Å²) in [6, 6.07) is -1.17. The van der Waals surface area contributed by atoms with E-state index in [0.717, 1.165) is 0 Å². The van der Waals surface area contributed by atoms with Crippen molar-refractivity contribution in [3.63, 3.8) is 0 Å². The van der Waals surface area contributed by atoms with Crippen molar-refractivity contribution in [2.45, 2.75) is 32.4 Å². The van der Waals surface area contributed by atoms with Crippen LogP contribution >= 0.6 is 0 Å². The summed E-state index contributed by atoms with van der Waals surface area (Å²) in [5.74, 6) is -1.78. The van der Waals surface area contributed by atoms with E-state index in [1.807, 2.05) is 0 Å². The summed E-state index contributed by atoms with van der Waals surface area (Å²) in [4.78, 5) is 21.0. The molecular weight excluding hydrogens is 162 g/mol. The summed E-state index contributed by atoms with van der Waals surface area (Å²) >= 11 is 0. The van der Waals surface area contributed by atoms with Crippen LogP contribution < -0.4 is 5.73 Å². The molecule has 3 N–H and O–H groups in total. The normalized spacial score (nSPS) is 12.7. The zero-order valence-corrected chi connectivity index (χ0v) is 7.11. The minimum absolute atomic E-state index is 0.238. The lowest BCUT2D eigenvalue weighted by Crippen LogP contribution is -2.33. The minimum Gasteiger partial charge on any atom is -0.480 e. The van der Waals surface area contributed by atoms with E-state index in [2.05, 4.69) is 4.74 Å². The highest BCUT2D eigenvalue weighted by atomic mass is 16.5. The second-order valence-electron chi connectivity index (χ2n) is 2.69. The van der Waals surface area contributed by atoms with Gasteiger partial charge in [0.05, 0.1) is 12.5 Å². The molecule has 12 heavy (non-hydrogen) atoms. The number of esters is 1. The van der Waals surface area contributed by atoms with Crippen molar-refractivity contribution in [3.05, 3.63) is 0 Å². The fraction of sp³-hybridized carbons (Fsp3) is 0.714. The summed E-state index contributed by atoms with van der Waals surface area (Å²) in [6.07, 6.45) is -0.522. The molecule has 0 heterocycles. The van der Waals surface area contributed by atoms with Crippen LogP contribution in [0.25, 0.3) is 0 Å². The van der Waals surface area contributed by atoms with Gasteiger partial charge < -0.3 is 15.6 Å². The van der Waals surface area contributed by atoms with Gasteiger partial charge in [0, 0.05) is 0 Å². The molecule has 0 saturated carbocycles. The first-order chi connectivity index (χ1) is 5.43. The Morgan fingerprint density at radius 1 is 1.50 bits per heavy atom. The summed E-state index contributed by atoms with van der Waals surface area (Å²) in [5.41, 5.74) is 5.09. The number of rotatable bonds is 4. The standard InChI is InChI=1S/C7H13NO4/c1-4(2)12-6(9)3-5(8)7(10)11/h4-5H,3,8H2,1-2H3,(H,10,11). The Labute approximate surface area is 70.5 Å². The Balaban J connectivity index is 3.77. The van der Waals surface area contributed by atoms with Crippen molar-refractivity contribution in [2.75, 3.05) is 0 Å². The van der Waals surface area contributed by atoms with Crippen molar-refractivity contribution >= 4 is 11.9 Å². The van der Waals surface area contributed by atoms with E-state index in [0.29, 0.717) is 0 Å². The van der Waals surface area contributed by atoms with Crippen LogP contribution in [0.1, 0.15) is 20.3 Å². The predicted molar refractivity (Wildman–Crippen MR) is 41.5 cm³/mol. The number of aliphatic carboxylic acids is 1. The molecule has 1 atom stereocenters.